The molecular weight excluding hydrogens is 459 g/mol. The Balaban J connectivity index is 1.75. The molecule has 0 N–H and O–H groups in total. The summed E-state index contributed by atoms with van der Waals surface area (Å²) in [6.45, 7) is 1.80. The molecule has 2 amide bonds. The van der Waals surface area contributed by atoms with Crippen LogP contribution in [0.2, 0.25) is 0 Å². The van der Waals surface area contributed by atoms with E-state index in [4.69, 9.17) is 16.3 Å². The Morgan fingerprint density at radius 1 is 1.21 bits per heavy atom. The molecule has 6 nitrogen and oxygen atoms in total. The molecule has 1 atom stereocenters. The number of piperidine rings is 1. The maximum absolute atomic E-state index is 13.6. The number of amides is 2. The summed E-state index contributed by atoms with van der Waals surface area (Å²) in [6.07, 6.45) is -0.602. The lowest BCUT2D eigenvalue weighted by molar-refractivity contribution is -0.117. The number of aromatic nitrogens is 1. The minimum absolute atomic E-state index is 0.0658. The maximum Gasteiger partial charge on any atom is 0.272 e. The minimum atomic E-state index is -2.79. The molecule has 0 aliphatic carbocycles. The van der Waals surface area contributed by atoms with Crippen LogP contribution in [0.15, 0.2) is 30.3 Å². The number of carbonyl (C=O) groups excluding carboxylic acids is 2. The molecule has 0 spiro atoms. The summed E-state index contributed by atoms with van der Waals surface area (Å²) >= 11 is 5.80. The van der Waals surface area contributed by atoms with Crippen molar-refractivity contribution in [1.29, 1.82) is 0 Å². The standard InChI is InChI=1S/C23H23ClF3N3O3/c1-14-13-33-21-18(30(14)19(31)12-24)11-16(10-15-2-4-17(25)5-3-15)20(28-21)22(32)29-8-6-23(26,27)7-9-29/h2-5,11,14H,6-10,12-13H2,1H3. The number of rotatable bonds is 4. The number of benzene rings is 1. The van der Waals surface area contributed by atoms with Crippen LogP contribution in [0.5, 0.6) is 5.88 Å². The summed E-state index contributed by atoms with van der Waals surface area (Å²) in [5, 5.41) is 0. The van der Waals surface area contributed by atoms with Crippen LogP contribution in [0.3, 0.4) is 0 Å². The zero-order valence-electron chi connectivity index (χ0n) is 18.0. The van der Waals surface area contributed by atoms with Gasteiger partial charge in [-0.2, -0.15) is 0 Å². The highest BCUT2D eigenvalue weighted by molar-refractivity contribution is 6.29. The molecule has 10 heteroatoms. The van der Waals surface area contributed by atoms with Gasteiger partial charge in [-0.05, 0) is 42.7 Å². The number of alkyl halides is 3. The second kappa shape index (κ2) is 9.21. The quantitative estimate of drug-likeness (QED) is 0.618. The van der Waals surface area contributed by atoms with Crippen molar-refractivity contribution >= 4 is 29.1 Å². The van der Waals surface area contributed by atoms with Crippen molar-refractivity contribution < 1.29 is 27.5 Å². The van der Waals surface area contributed by atoms with Gasteiger partial charge < -0.3 is 14.5 Å². The normalized spacial score (nSPS) is 19.6. The van der Waals surface area contributed by atoms with Gasteiger partial charge in [-0.1, -0.05) is 12.1 Å². The summed E-state index contributed by atoms with van der Waals surface area (Å²) in [5.74, 6) is -4.13. The van der Waals surface area contributed by atoms with Crippen molar-refractivity contribution in [2.75, 3.05) is 30.5 Å². The van der Waals surface area contributed by atoms with Gasteiger partial charge in [0.2, 0.25) is 11.8 Å². The smallest absolute Gasteiger partial charge is 0.272 e. The first-order valence-corrected chi connectivity index (χ1v) is 11.2. The molecule has 1 unspecified atom stereocenters. The Morgan fingerprint density at radius 3 is 2.52 bits per heavy atom. The molecule has 1 fully saturated rings. The van der Waals surface area contributed by atoms with E-state index in [9.17, 15) is 22.8 Å². The molecule has 2 aliphatic rings. The summed E-state index contributed by atoms with van der Waals surface area (Å²) in [6, 6.07) is 7.15. The number of hydrogen-bond acceptors (Lipinski definition) is 4. The van der Waals surface area contributed by atoms with E-state index in [2.05, 4.69) is 4.98 Å². The van der Waals surface area contributed by atoms with E-state index in [1.807, 2.05) is 0 Å². The van der Waals surface area contributed by atoms with E-state index in [0.717, 1.165) is 5.56 Å². The van der Waals surface area contributed by atoms with Crippen LogP contribution in [0.4, 0.5) is 18.9 Å². The van der Waals surface area contributed by atoms with Gasteiger partial charge in [0.1, 0.15) is 29.7 Å². The van der Waals surface area contributed by atoms with Crippen LogP contribution in [-0.4, -0.2) is 59.2 Å². The Labute approximate surface area is 194 Å². The van der Waals surface area contributed by atoms with E-state index in [-0.39, 0.29) is 55.5 Å². The monoisotopic (exact) mass is 481 g/mol. The van der Waals surface area contributed by atoms with Gasteiger partial charge in [0.05, 0.1) is 6.04 Å². The maximum atomic E-state index is 13.6. The highest BCUT2D eigenvalue weighted by Gasteiger charge is 2.38. The Morgan fingerprint density at radius 2 is 1.88 bits per heavy atom. The minimum Gasteiger partial charge on any atom is -0.474 e. The Hall–Kier alpha value is -2.81. The fraction of sp³-hybridized carbons (Fsp3) is 0.435. The molecule has 1 aromatic heterocycles. The lowest BCUT2D eigenvalue weighted by Gasteiger charge is -2.35. The van der Waals surface area contributed by atoms with Crippen molar-refractivity contribution in [1.82, 2.24) is 9.88 Å². The predicted molar refractivity (Wildman–Crippen MR) is 117 cm³/mol. The van der Waals surface area contributed by atoms with Crippen LogP contribution in [0.1, 0.15) is 41.4 Å². The first-order valence-electron chi connectivity index (χ1n) is 10.6. The topological polar surface area (TPSA) is 62.7 Å². The average molecular weight is 482 g/mol. The number of nitrogens with zero attached hydrogens (tertiary/aromatic N) is 3. The second-order valence-corrected chi connectivity index (χ2v) is 8.60. The van der Waals surface area contributed by atoms with Gasteiger partial charge in [0.15, 0.2) is 0 Å². The summed E-state index contributed by atoms with van der Waals surface area (Å²) in [7, 11) is 0. The van der Waals surface area contributed by atoms with E-state index >= 15 is 0 Å². The number of hydrogen-bond donors (Lipinski definition) is 0. The molecule has 2 aliphatic heterocycles. The lowest BCUT2D eigenvalue weighted by Crippen LogP contribution is -2.46. The first-order chi connectivity index (χ1) is 15.7. The largest absolute Gasteiger partial charge is 0.474 e. The fourth-order valence-electron chi connectivity index (χ4n) is 4.09. The Kier molecular flexibility index (Phi) is 6.52. The molecule has 0 radical (unpaired) electrons. The highest BCUT2D eigenvalue weighted by Crippen LogP contribution is 2.36. The predicted octanol–water partition coefficient (Wildman–Crippen LogP) is 4.04. The highest BCUT2D eigenvalue weighted by atomic mass is 35.5. The van der Waals surface area contributed by atoms with Crippen LogP contribution in [0, 0.1) is 5.82 Å². The molecule has 176 valence electrons. The zero-order valence-corrected chi connectivity index (χ0v) is 18.7. The molecule has 2 aromatic rings. The lowest BCUT2D eigenvalue weighted by atomic mass is 10.00. The average Bonchev–Trinajstić information content (AvgIpc) is 2.79. The summed E-state index contributed by atoms with van der Waals surface area (Å²) in [4.78, 5) is 33.1. The van der Waals surface area contributed by atoms with Gasteiger partial charge in [0.25, 0.3) is 11.8 Å². The van der Waals surface area contributed by atoms with Crippen molar-refractivity contribution in [2.24, 2.45) is 0 Å². The Bertz CT molecular complexity index is 1050. The van der Waals surface area contributed by atoms with Gasteiger partial charge in [-0.15, -0.1) is 11.6 Å². The van der Waals surface area contributed by atoms with Crippen molar-refractivity contribution in [3.05, 3.63) is 53.0 Å². The third kappa shape index (κ3) is 4.93. The molecule has 1 saturated heterocycles. The number of likely N-dealkylation sites (tertiary alicyclic amines) is 1. The molecule has 0 bridgehead atoms. The van der Waals surface area contributed by atoms with Crippen LogP contribution in [0.25, 0.3) is 0 Å². The van der Waals surface area contributed by atoms with Crippen LogP contribution < -0.4 is 9.64 Å². The molecule has 0 saturated carbocycles. The third-order valence-electron chi connectivity index (χ3n) is 5.88. The van der Waals surface area contributed by atoms with E-state index in [1.165, 1.54) is 21.9 Å². The van der Waals surface area contributed by atoms with Gasteiger partial charge in [-0.25, -0.2) is 18.2 Å². The number of fused-ring (bicyclic) bond motifs is 1. The number of halogens is 4. The number of ether oxygens (including phenoxy) is 1. The number of anilines is 1. The third-order valence-corrected chi connectivity index (χ3v) is 6.11. The van der Waals surface area contributed by atoms with E-state index in [0.29, 0.717) is 11.3 Å². The number of carbonyl (C=O) groups is 2. The van der Waals surface area contributed by atoms with Gasteiger partial charge in [-0.3, -0.25) is 9.59 Å². The van der Waals surface area contributed by atoms with Crippen molar-refractivity contribution in [3.63, 3.8) is 0 Å². The zero-order chi connectivity index (χ0) is 23.8. The van der Waals surface area contributed by atoms with Crippen molar-refractivity contribution in [3.8, 4) is 5.88 Å². The fourth-order valence-corrected chi connectivity index (χ4v) is 4.22. The van der Waals surface area contributed by atoms with E-state index < -0.39 is 30.5 Å². The number of pyridine rings is 1. The molecule has 3 heterocycles. The van der Waals surface area contributed by atoms with Crippen LogP contribution in [-0.2, 0) is 11.2 Å². The van der Waals surface area contributed by atoms with Crippen molar-refractivity contribution in [2.45, 2.75) is 38.2 Å². The van der Waals surface area contributed by atoms with Gasteiger partial charge >= 0.3 is 0 Å². The SMILES string of the molecule is CC1COc2nc(C(=O)N3CCC(F)(F)CC3)c(Cc3ccc(F)cc3)cc2N1C(=O)CCl. The molecule has 1 aromatic carbocycles. The molecule has 33 heavy (non-hydrogen) atoms. The summed E-state index contributed by atoms with van der Waals surface area (Å²) < 4.78 is 46.3. The van der Waals surface area contributed by atoms with Gasteiger partial charge in [0, 0.05) is 25.9 Å². The molecule has 4 rings (SSSR count). The first kappa shape index (κ1) is 23.4. The second-order valence-electron chi connectivity index (χ2n) is 8.33. The van der Waals surface area contributed by atoms with E-state index in [1.54, 1.807) is 25.1 Å². The molecular formula is C23H23ClF3N3O3. The summed E-state index contributed by atoms with van der Waals surface area (Å²) in [5.41, 5.74) is 1.65. The van der Waals surface area contributed by atoms with Crippen LogP contribution >= 0.6 is 11.6 Å².